The number of carbonyl (C=O) groups is 2. The summed E-state index contributed by atoms with van der Waals surface area (Å²) in [5.74, 6) is -1.07. The lowest BCUT2D eigenvalue weighted by Gasteiger charge is -2.16. The van der Waals surface area contributed by atoms with Gasteiger partial charge in [0.25, 0.3) is 0 Å². The van der Waals surface area contributed by atoms with Crippen LogP contribution < -0.4 is 10.6 Å². The van der Waals surface area contributed by atoms with Crippen molar-refractivity contribution in [1.29, 1.82) is 0 Å². The Morgan fingerprint density at radius 2 is 1.54 bits per heavy atom. The first kappa shape index (κ1) is 17.7. The van der Waals surface area contributed by atoms with Gasteiger partial charge in [0.2, 0.25) is 0 Å². The van der Waals surface area contributed by atoms with Crippen molar-refractivity contribution in [1.82, 2.24) is 0 Å². The van der Waals surface area contributed by atoms with Crippen LogP contribution in [0.5, 0.6) is 0 Å². The van der Waals surface area contributed by atoms with Crippen molar-refractivity contribution in [2.24, 2.45) is 0 Å². The number of carbonyl (C=O) groups excluding carboxylic acids is 2. The van der Waals surface area contributed by atoms with Crippen molar-refractivity contribution >= 4 is 23.2 Å². The molecule has 2 rings (SSSR count). The molecule has 0 spiro atoms. The van der Waals surface area contributed by atoms with Crippen LogP contribution in [0.15, 0.2) is 36.4 Å². The largest absolute Gasteiger partial charge is 0.318 e. The van der Waals surface area contributed by atoms with Crippen molar-refractivity contribution in [3.05, 3.63) is 58.7 Å². The minimum atomic E-state index is -0.665. The summed E-state index contributed by atoms with van der Waals surface area (Å²) in [7, 11) is 0. The molecule has 4 heteroatoms. The fourth-order valence-electron chi connectivity index (χ4n) is 2.56. The molecule has 0 bridgehead atoms. The van der Waals surface area contributed by atoms with Crippen molar-refractivity contribution in [2.45, 2.75) is 40.5 Å². The number of anilines is 2. The lowest BCUT2D eigenvalue weighted by molar-refractivity contribution is -0.133. The Bertz CT molecular complexity index is 779. The van der Waals surface area contributed by atoms with Gasteiger partial charge < -0.3 is 10.6 Å². The molecule has 0 saturated carbocycles. The number of hydrogen-bond acceptors (Lipinski definition) is 2. The second kappa shape index (κ2) is 7.30. The topological polar surface area (TPSA) is 58.2 Å². The lowest BCUT2D eigenvalue weighted by Crippen LogP contribution is -2.30. The molecule has 2 aromatic rings. The standard InChI is InChI=1S/C20H24N2O2/c1-12(2)16-8-6-7-15(5)18(16)22-20(24)19(23)21-17-11-13(3)9-10-14(17)4/h6-12H,1-5H3,(H,21,23)(H,22,24). The van der Waals surface area contributed by atoms with E-state index in [4.69, 9.17) is 0 Å². The highest BCUT2D eigenvalue weighted by molar-refractivity contribution is 6.43. The van der Waals surface area contributed by atoms with Gasteiger partial charge in [-0.3, -0.25) is 9.59 Å². The number of para-hydroxylation sites is 1. The molecule has 0 aromatic heterocycles. The maximum atomic E-state index is 12.3. The van der Waals surface area contributed by atoms with Gasteiger partial charge >= 0.3 is 11.8 Å². The van der Waals surface area contributed by atoms with E-state index in [2.05, 4.69) is 24.5 Å². The van der Waals surface area contributed by atoms with Gasteiger partial charge in [0.1, 0.15) is 0 Å². The zero-order chi connectivity index (χ0) is 17.9. The van der Waals surface area contributed by atoms with Crippen LogP contribution >= 0.6 is 0 Å². The smallest absolute Gasteiger partial charge is 0.314 e. The minimum absolute atomic E-state index is 0.252. The number of aryl methyl sites for hydroxylation is 3. The fourth-order valence-corrected chi connectivity index (χ4v) is 2.56. The van der Waals surface area contributed by atoms with E-state index < -0.39 is 11.8 Å². The first-order valence-corrected chi connectivity index (χ1v) is 8.08. The Kier molecular flexibility index (Phi) is 5.39. The van der Waals surface area contributed by atoms with Gasteiger partial charge in [-0.15, -0.1) is 0 Å². The molecule has 24 heavy (non-hydrogen) atoms. The molecule has 0 aliphatic rings. The minimum Gasteiger partial charge on any atom is -0.318 e. The van der Waals surface area contributed by atoms with Crippen LogP contribution in [-0.2, 0) is 9.59 Å². The number of amides is 2. The number of hydrogen-bond donors (Lipinski definition) is 2. The highest BCUT2D eigenvalue weighted by Gasteiger charge is 2.18. The summed E-state index contributed by atoms with van der Waals surface area (Å²) in [6.07, 6.45) is 0. The molecule has 126 valence electrons. The Labute approximate surface area is 143 Å². The third kappa shape index (κ3) is 4.02. The predicted molar refractivity (Wildman–Crippen MR) is 98.4 cm³/mol. The van der Waals surface area contributed by atoms with Gasteiger partial charge in [0.15, 0.2) is 0 Å². The van der Waals surface area contributed by atoms with Gasteiger partial charge in [0, 0.05) is 11.4 Å². The average Bonchev–Trinajstić information content (AvgIpc) is 2.52. The van der Waals surface area contributed by atoms with E-state index in [-0.39, 0.29) is 5.92 Å². The zero-order valence-electron chi connectivity index (χ0n) is 14.9. The Morgan fingerprint density at radius 1 is 0.875 bits per heavy atom. The Morgan fingerprint density at radius 3 is 2.21 bits per heavy atom. The van der Waals surface area contributed by atoms with Crippen LogP contribution in [0, 0.1) is 20.8 Å². The molecule has 4 nitrogen and oxygen atoms in total. The first-order valence-electron chi connectivity index (χ1n) is 8.08. The van der Waals surface area contributed by atoms with E-state index in [1.54, 1.807) is 0 Å². The van der Waals surface area contributed by atoms with Crippen molar-refractivity contribution in [3.8, 4) is 0 Å². The van der Waals surface area contributed by atoms with Crippen LogP contribution in [0.3, 0.4) is 0 Å². The molecular formula is C20H24N2O2. The van der Waals surface area contributed by atoms with E-state index in [1.807, 2.05) is 57.2 Å². The molecule has 0 radical (unpaired) electrons. The molecule has 0 unspecified atom stereocenters. The predicted octanol–water partition coefficient (Wildman–Crippen LogP) is 4.31. The molecule has 2 amide bonds. The summed E-state index contributed by atoms with van der Waals surface area (Å²) in [5.41, 5.74) is 5.27. The fraction of sp³-hybridized carbons (Fsp3) is 0.300. The highest BCUT2D eigenvalue weighted by Crippen LogP contribution is 2.27. The van der Waals surface area contributed by atoms with Crippen LogP contribution in [0.1, 0.15) is 42.0 Å². The zero-order valence-corrected chi connectivity index (χ0v) is 14.9. The van der Waals surface area contributed by atoms with Gasteiger partial charge in [-0.05, 0) is 55.0 Å². The molecule has 0 aliphatic heterocycles. The van der Waals surface area contributed by atoms with Crippen LogP contribution in [-0.4, -0.2) is 11.8 Å². The molecule has 0 fully saturated rings. The van der Waals surface area contributed by atoms with Crippen LogP contribution in [0.25, 0.3) is 0 Å². The molecule has 0 aliphatic carbocycles. The quantitative estimate of drug-likeness (QED) is 0.826. The van der Waals surface area contributed by atoms with Gasteiger partial charge in [-0.2, -0.15) is 0 Å². The van der Waals surface area contributed by atoms with E-state index >= 15 is 0 Å². The third-order valence-corrected chi connectivity index (χ3v) is 4.01. The van der Waals surface area contributed by atoms with E-state index in [0.29, 0.717) is 11.4 Å². The molecule has 0 atom stereocenters. The normalized spacial score (nSPS) is 10.6. The summed E-state index contributed by atoms with van der Waals surface area (Å²) in [6, 6.07) is 11.6. The number of nitrogens with one attached hydrogen (secondary N) is 2. The van der Waals surface area contributed by atoms with Crippen molar-refractivity contribution < 1.29 is 9.59 Å². The second-order valence-electron chi connectivity index (χ2n) is 6.42. The first-order chi connectivity index (χ1) is 11.3. The molecule has 2 aromatic carbocycles. The van der Waals surface area contributed by atoms with Crippen molar-refractivity contribution in [3.63, 3.8) is 0 Å². The Balaban J connectivity index is 2.18. The van der Waals surface area contributed by atoms with E-state index in [0.717, 1.165) is 22.3 Å². The number of rotatable bonds is 3. The van der Waals surface area contributed by atoms with E-state index in [9.17, 15) is 9.59 Å². The Hall–Kier alpha value is -2.62. The maximum Gasteiger partial charge on any atom is 0.314 e. The summed E-state index contributed by atoms with van der Waals surface area (Å²) in [6.45, 7) is 9.87. The van der Waals surface area contributed by atoms with Crippen molar-refractivity contribution in [2.75, 3.05) is 10.6 Å². The van der Waals surface area contributed by atoms with Crippen LogP contribution in [0.4, 0.5) is 11.4 Å². The molecular weight excluding hydrogens is 300 g/mol. The second-order valence-corrected chi connectivity index (χ2v) is 6.42. The van der Waals surface area contributed by atoms with Gasteiger partial charge in [-0.25, -0.2) is 0 Å². The SMILES string of the molecule is Cc1ccc(C)c(NC(=O)C(=O)Nc2c(C)cccc2C(C)C)c1. The molecule has 0 saturated heterocycles. The summed E-state index contributed by atoms with van der Waals surface area (Å²) in [4.78, 5) is 24.6. The van der Waals surface area contributed by atoms with E-state index in [1.165, 1.54) is 0 Å². The van der Waals surface area contributed by atoms with Gasteiger partial charge in [-0.1, -0.05) is 44.2 Å². The summed E-state index contributed by atoms with van der Waals surface area (Å²) in [5, 5.41) is 5.45. The number of benzene rings is 2. The third-order valence-electron chi connectivity index (χ3n) is 4.01. The summed E-state index contributed by atoms with van der Waals surface area (Å²) >= 11 is 0. The van der Waals surface area contributed by atoms with Crippen LogP contribution in [0.2, 0.25) is 0 Å². The monoisotopic (exact) mass is 324 g/mol. The molecule has 0 heterocycles. The highest BCUT2D eigenvalue weighted by atomic mass is 16.2. The lowest BCUT2D eigenvalue weighted by atomic mass is 9.98. The molecule has 2 N–H and O–H groups in total. The average molecular weight is 324 g/mol. The van der Waals surface area contributed by atoms with Gasteiger partial charge in [0.05, 0.1) is 0 Å². The summed E-state index contributed by atoms with van der Waals surface area (Å²) < 4.78 is 0. The maximum absolute atomic E-state index is 12.3.